The molecule has 0 saturated carbocycles. The third-order valence-corrected chi connectivity index (χ3v) is 2.74. The predicted octanol–water partition coefficient (Wildman–Crippen LogP) is 0.802. The van der Waals surface area contributed by atoms with Crippen molar-refractivity contribution < 1.29 is 19.7 Å². The molecule has 1 aromatic rings. The minimum Gasteiger partial charge on any atom is -0.478 e. The van der Waals surface area contributed by atoms with Gasteiger partial charge < -0.3 is 25.6 Å². The summed E-state index contributed by atoms with van der Waals surface area (Å²) in [6.07, 6.45) is 0. The third kappa shape index (κ3) is 4.42. The summed E-state index contributed by atoms with van der Waals surface area (Å²) in [5, 5.41) is 17.5. The first-order valence-corrected chi connectivity index (χ1v) is 6.16. The molecule has 0 saturated heterocycles. The first-order chi connectivity index (χ1) is 9.10. The van der Waals surface area contributed by atoms with Gasteiger partial charge in [0.15, 0.2) is 0 Å². The van der Waals surface area contributed by atoms with Gasteiger partial charge in [0.25, 0.3) is 0 Å². The molecule has 0 aliphatic heterocycles. The Kier molecular flexibility index (Phi) is 6.11. The molecule has 0 aromatic heterocycles. The number of aliphatic hydroxyl groups excluding tert-OH is 1. The van der Waals surface area contributed by atoms with Crippen LogP contribution in [-0.4, -0.2) is 49.1 Å². The number of nitrogen functional groups attached to an aromatic ring is 1. The maximum absolute atomic E-state index is 10.8. The van der Waals surface area contributed by atoms with E-state index in [0.29, 0.717) is 25.4 Å². The molecule has 106 valence electrons. The van der Waals surface area contributed by atoms with Crippen LogP contribution in [0.15, 0.2) is 18.2 Å². The van der Waals surface area contributed by atoms with Gasteiger partial charge in [-0.2, -0.15) is 0 Å². The van der Waals surface area contributed by atoms with Crippen LogP contribution >= 0.6 is 0 Å². The maximum atomic E-state index is 10.8. The molecule has 0 atom stereocenters. The summed E-state index contributed by atoms with van der Waals surface area (Å²) in [5.74, 6) is -0.993. The largest absolute Gasteiger partial charge is 0.478 e. The van der Waals surface area contributed by atoms with Crippen molar-refractivity contribution in [1.82, 2.24) is 0 Å². The molecule has 1 rings (SSSR count). The summed E-state index contributed by atoms with van der Waals surface area (Å²) in [4.78, 5) is 12.8. The SMILES string of the molecule is CCN(CCOCCO)c1ccc(C(=O)O)cc1N. The number of ether oxygens (including phenoxy) is 1. The normalized spacial score (nSPS) is 10.4. The zero-order chi connectivity index (χ0) is 14.3. The Morgan fingerprint density at radius 1 is 1.42 bits per heavy atom. The number of nitrogens with two attached hydrogens (primary N) is 1. The van der Waals surface area contributed by atoms with Crippen molar-refractivity contribution in [2.45, 2.75) is 6.92 Å². The van der Waals surface area contributed by atoms with Gasteiger partial charge in [-0.3, -0.25) is 0 Å². The monoisotopic (exact) mass is 268 g/mol. The molecule has 6 heteroatoms. The van der Waals surface area contributed by atoms with Crippen molar-refractivity contribution in [3.8, 4) is 0 Å². The molecule has 0 aliphatic carbocycles. The number of carbonyl (C=O) groups is 1. The first-order valence-electron chi connectivity index (χ1n) is 6.16. The highest BCUT2D eigenvalue weighted by Gasteiger charge is 2.11. The van der Waals surface area contributed by atoms with Crippen molar-refractivity contribution >= 4 is 17.3 Å². The standard InChI is InChI=1S/C13H20N2O4/c1-2-15(5-7-19-8-6-16)12-4-3-10(13(17)18)9-11(12)14/h3-4,9,16H,2,5-8,14H2,1H3,(H,17,18). The molecular weight excluding hydrogens is 248 g/mol. The summed E-state index contributed by atoms with van der Waals surface area (Å²) < 4.78 is 5.21. The van der Waals surface area contributed by atoms with Crippen LogP contribution < -0.4 is 10.6 Å². The summed E-state index contributed by atoms with van der Waals surface area (Å²) >= 11 is 0. The third-order valence-electron chi connectivity index (χ3n) is 2.74. The molecule has 0 amide bonds. The molecule has 0 fully saturated rings. The number of aliphatic hydroxyl groups is 1. The Morgan fingerprint density at radius 2 is 2.16 bits per heavy atom. The molecule has 4 N–H and O–H groups in total. The van der Waals surface area contributed by atoms with Crippen molar-refractivity contribution in [3.05, 3.63) is 23.8 Å². The van der Waals surface area contributed by atoms with Gasteiger partial charge in [0.05, 0.1) is 36.8 Å². The molecule has 0 bridgehead atoms. The van der Waals surface area contributed by atoms with Gasteiger partial charge in [-0.15, -0.1) is 0 Å². The quantitative estimate of drug-likeness (QED) is 0.477. The Hall–Kier alpha value is -1.79. The predicted molar refractivity (Wildman–Crippen MR) is 73.6 cm³/mol. The van der Waals surface area contributed by atoms with E-state index in [9.17, 15) is 4.79 Å². The fourth-order valence-electron chi connectivity index (χ4n) is 1.77. The Labute approximate surface area is 112 Å². The van der Waals surface area contributed by atoms with Crippen molar-refractivity contribution in [2.24, 2.45) is 0 Å². The van der Waals surface area contributed by atoms with E-state index in [-0.39, 0.29) is 12.2 Å². The van der Waals surface area contributed by atoms with Gasteiger partial charge in [0.1, 0.15) is 0 Å². The van der Waals surface area contributed by atoms with E-state index in [4.69, 9.17) is 20.7 Å². The second-order valence-electron chi connectivity index (χ2n) is 3.99. The zero-order valence-electron chi connectivity index (χ0n) is 11.0. The number of aromatic carboxylic acids is 1. The van der Waals surface area contributed by atoms with E-state index in [1.807, 2.05) is 11.8 Å². The minimum absolute atomic E-state index is 0.00156. The Morgan fingerprint density at radius 3 is 2.68 bits per heavy atom. The van der Waals surface area contributed by atoms with Crippen molar-refractivity contribution in [3.63, 3.8) is 0 Å². The van der Waals surface area contributed by atoms with Crippen LogP contribution in [0.5, 0.6) is 0 Å². The second-order valence-corrected chi connectivity index (χ2v) is 3.99. The Balaban J connectivity index is 2.72. The van der Waals surface area contributed by atoms with Crippen LogP contribution in [0.4, 0.5) is 11.4 Å². The number of anilines is 2. The van der Waals surface area contributed by atoms with Crippen molar-refractivity contribution in [2.75, 3.05) is 43.5 Å². The summed E-state index contributed by atoms with van der Waals surface area (Å²) in [6, 6.07) is 4.69. The molecule has 19 heavy (non-hydrogen) atoms. The average Bonchev–Trinajstić information content (AvgIpc) is 2.39. The second kappa shape index (κ2) is 7.60. The van der Waals surface area contributed by atoms with Gasteiger partial charge in [0.2, 0.25) is 0 Å². The highest BCUT2D eigenvalue weighted by Crippen LogP contribution is 2.24. The summed E-state index contributed by atoms with van der Waals surface area (Å²) in [5.41, 5.74) is 7.28. The molecule has 1 aromatic carbocycles. The number of likely N-dealkylation sites (N-methyl/N-ethyl adjacent to an activating group) is 1. The average molecular weight is 268 g/mol. The fourth-order valence-corrected chi connectivity index (χ4v) is 1.77. The highest BCUT2D eigenvalue weighted by atomic mass is 16.5. The van der Waals surface area contributed by atoms with E-state index in [1.165, 1.54) is 12.1 Å². The van der Waals surface area contributed by atoms with Crippen LogP contribution in [0, 0.1) is 0 Å². The summed E-state index contributed by atoms with van der Waals surface area (Å²) in [7, 11) is 0. The lowest BCUT2D eigenvalue weighted by molar-refractivity contribution is 0.0697. The van der Waals surface area contributed by atoms with Gasteiger partial charge in [-0.25, -0.2) is 4.79 Å². The van der Waals surface area contributed by atoms with Gasteiger partial charge in [0, 0.05) is 13.1 Å². The lowest BCUT2D eigenvalue weighted by Gasteiger charge is -2.24. The van der Waals surface area contributed by atoms with E-state index in [0.717, 1.165) is 12.2 Å². The number of hydrogen-bond acceptors (Lipinski definition) is 5. The van der Waals surface area contributed by atoms with Crippen LogP contribution in [0.25, 0.3) is 0 Å². The van der Waals surface area contributed by atoms with Crippen LogP contribution in [-0.2, 0) is 4.74 Å². The van der Waals surface area contributed by atoms with E-state index in [2.05, 4.69) is 0 Å². The number of nitrogens with zero attached hydrogens (tertiary/aromatic N) is 1. The fraction of sp³-hybridized carbons (Fsp3) is 0.462. The zero-order valence-corrected chi connectivity index (χ0v) is 11.0. The van der Waals surface area contributed by atoms with E-state index >= 15 is 0 Å². The number of rotatable bonds is 8. The van der Waals surface area contributed by atoms with E-state index < -0.39 is 5.97 Å². The smallest absolute Gasteiger partial charge is 0.335 e. The van der Waals surface area contributed by atoms with Crippen LogP contribution in [0.1, 0.15) is 17.3 Å². The minimum atomic E-state index is -0.993. The molecule has 0 spiro atoms. The first kappa shape index (κ1) is 15.3. The Bertz CT molecular complexity index is 423. The van der Waals surface area contributed by atoms with Gasteiger partial charge in [-0.1, -0.05) is 0 Å². The maximum Gasteiger partial charge on any atom is 0.335 e. The lowest BCUT2D eigenvalue weighted by atomic mass is 10.1. The molecule has 0 radical (unpaired) electrons. The summed E-state index contributed by atoms with van der Waals surface area (Å²) in [6.45, 7) is 4.14. The molecular formula is C13H20N2O4. The number of hydrogen-bond donors (Lipinski definition) is 3. The number of benzene rings is 1. The molecule has 0 heterocycles. The number of carboxylic acids is 1. The van der Waals surface area contributed by atoms with Crippen LogP contribution in [0.3, 0.4) is 0 Å². The topological polar surface area (TPSA) is 96.0 Å². The molecule has 6 nitrogen and oxygen atoms in total. The highest BCUT2D eigenvalue weighted by molar-refractivity contribution is 5.90. The van der Waals surface area contributed by atoms with Crippen molar-refractivity contribution in [1.29, 1.82) is 0 Å². The van der Waals surface area contributed by atoms with E-state index in [1.54, 1.807) is 6.07 Å². The molecule has 0 aliphatic rings. The van der Waals surface area contributed by atoms with Gasteiger partial charge in [-0.05, 0) is 25.1 Å². The lowest BCUT2D eigenvalue weighted by Crippen LogP contribution is -2.28. The van der Waals surface area contributed by atoms with Crippen LogP contribution in [0.2, 0.25) is 0 Å². The number of carboxylic acid groups (broad SMARTS) is 1. The van der Waals surface area contributed by atoms with Gasteiger partial charge >= 0.3 is 5.97 Å². The molecule has 0 unspecified atom stereocenters.